The fraction of sp³-hybridized carbons (Fsp3) is 0.769. The molecule has 0 amide bonds. The molecule has 1 heterocycles. The van der Waals surface area contributed by atoms with Crippen molar-refractivity contribution in [1.29, 1.82) is 0 Å². The minimum absolute atomic E-state index is 0.359. The molecule has 1 aromatic rings. The highest BCUT2D eigenvalue weighted by Crippen LogP contribution is 2.11. The molecule has 0 spiro atoms. The van der Waals surface area contributed by atoms with E-state index >= 15 is 0 Å². The predicted molar refractivity (Wildman–Crippen MR) is 68.0 cm³/mol. The molecular weight excluding hydrogens is 216 g/mol. The van der Waals surface area contributed by atoms with Gasteiger partial charge in [-0.3, -0.25) is 4.68 Å². The van der Waals surface area contributed by atoms with Gasteiger partial charge in [0.2, 0.25) is 0 Å². The molecule has 0 saturated heterocycles. The third kappa shape index (κ3) is 4.88. The van der Waals surface area contributed by atoms with Crippen molar-refractivity contribution in [3.63, 3.8) is 0 Å². The summed E-state index contributed by atoms with van der Waals surface area (Å²) in [6.45, 7) is 7.56. The zero-order valence-corrected chi connectivity index (χ0v) is 11.1. The molecule has 17 heavy (non-hydrogen) atoms. The minimum Gasteiger partial charge on any atom is -0.393 e. The Morgan fingerprint density at radius 1 is 1.47 bits per heavy atom. The van der Waals surface area contributed by atoms with Crippen LogP contribution in [0.4, 0.5) is 0 Å². The molecule has 0 bridgehead atoms. The second-order valence-corrected chi connectivity index (χ2v) is 4.39. The van der Waals surface area contributed by atoms with Gasteiger partial charge in [-0.15, -0.1) is 0 Å². The van der Waals surface area contributed by atoms with Gasteiger partial charge in [0.1, 0.15) is 0 Å². The molecule has 2 unspecified atom stereocenters. The maximum Gasteiger partial charge on any atom is 0.0650 e. The standard InChI is InChI=1S/C13H24N2O2/c1-4-11(3)15-8-6-12(14-15)10-13(16)7-9-17-5-2/h6,8,11,13,16H,4-5,7,9-10H2,1-3H3. The third-order valence-electron chi connectivity index (χ3n) is 2.95. The Labute approximate surface area is 104 Å². The molecule has 4 nitrogen and oxygen atoms in total. The Kier molecular flexibility index (Phi) is 6.22. The number of ether oxygens (including phenoxy) is 1. The second kappa shape index (κ2) is 7.45. The first-order valence-electron chi connectivity index (χ1n) is 6.47. The minimum atomic E-state index is -0.359. The Morgan fingerprint density at radius 2 is 2.24 bits per heavy atom. The Morgan fingerprint density at radius 3 is 2.88 bits per heavy atom. The highest BCUT2D eigenvalue weighted by molar-refractivity contribution is 5.01. The van der Waals surface area contributed by atoms with Crippen molar-refractivity contribution in [1.82, 2.24) is 9.78 Å². The van der Waals surface area contributed by atoms with Gasteiger partial charge in [0.15, 0.2) is 0 Å². The zero-order chi connectivity index (χ0) is 12.7. The summed E-state index contributed by atoms with van der Waals surface area (Å²) in [4.78, 5) is 0. The van der Waals surface area contributed by atoms with Gasteiger partial charge in [-0.05, 0) is 32.8 Å². The van der Waals surface area contributed by atoms with Gasteiger partial charge >= 0.3 is 0 Å². The molecule has 1 aromatic heterocycles. The maximum absolute atomic E-state index is 9.81. The van der Waals surface area contributed by atoms with Crippen LogP contribution in [0.25, 0.3) is 0 Å². The van der Waals surface area contributed by atoms with E-state index in [-0.39, 0.29) is 6.10 Å². The van der Waals surface area contributed by atoms with E-state index in [1.807, 2.05) is 23.9 Å². The fourth-order valence-corrected chi connectivity index (χ4v) is 1.63. The molecule has 98 valence electrons. The van der Waals surface area contributed by atoms with Gasteiger partial charge in [0.25, 0.3) is 0 Å². The molecular formula is C13H24N2O2. The lowest BCUT2D eigenvalue weighted by atomic mass is 10.1. The summed E-state index contributed by atoms with van der Waals surface area (Å²) in [7, 11) is 0. The van der Waals surface area contributed by atoms with Crippen LogP contribution in [0.3, 0.4) is 0 Å². The highest BCUT2D eigenvalue weighted by Gasteiger charge is 2.09. The molecule has 0 fully saturated rings. The van der Waals surface area contributed by atoms with Crippen molar-refractivity contribution in [2.24, 2.45) is 0 Å². The normalized spacial score (nSPS) is 14.8. The van der Waals surface area contributed by atoms with Crippen molar-refractivity contribution in [2.45, 2.75) is 52.2 Å². The van der Waals surface area contributed by atoms with Crippen LogP contribution in [-0.2, 0) is 11.2 Å². The Bertz CT molecular complexity index is 312. The van der Waals surface area contributed by atoms with Crippen molar-refractivity contribution in [3.05, 3.63) is 18.0 Å². The molecule has 1 rings (SSSR count). The van der Waals surface area contributed by atoms with E-state index in [0.29, 0.717) is 32.1 Å². The van der Waals surface area contributed by atoms with Gasteiger partial charge in [-0.2, -0.15) is 5.10 Å². The summed E-state index contributed by atoms with van der Waals surface area (Å²) in [5.74, 6) is 0. The lowest BCUT2D eigenvalue weighted by Crippen LogP contribution is -2.14. The highest BCUT2D eigenvalue weighted by atomic mass is 16.5. The molecule has 0 saturated carbocycles. The predicted octanol–water partition coefficient (Wildman–Crippen LogP) is 2.18. The fourth-order valence-electron chi connectivity index (χ4n) is 1.63. The number of hydrogen-bond acceptors (Lipinski definition) is 3. The van der Waals surface area contributed by atoms with Gasteiger partial charge in [0.05, 0.1) is 11.8 Å². The van der Waals surface area contributed by atoms with Crippen LogP contribution in [0.2, 0.25) is 0 Å². The quantitative estimate of drug-likeness (QED) is 0.708. The summed E-state index contributed by atoms with van der Waals surface area (Å²) in [6.07, 6.45) is 3.97. The molecule has 0 aliphatic rings. The number of aliphatic hydroxyl groups excluding tert-OH is 1. The average Bonchev–Trinajstić information content (AvgIpc) is 2.77. The smallest absolute Gasteiger partial charge is 0.0650 e. The van der Waals surface area contributed by atoms with E-state index in [9.17, 15) is 5.11 Å². The van der Waals surface area contributed by atoms with E-state index in [2.05, 4.69) is 18.9 Å². The largest absolute Gasteiger partial charge is 0.393 e. The van der Waals surface area contributed by atoms with Gasteiger partial charge in [-0.25, -0.2) is 0 Å². The lowest BCUT2D eigenvalue weighted by molar-refractivity contribution is 0.0881. The maximum atomic E-state index is 9.81. The van der Waals surface area contributed by atoms with Crippen molar-refractivity contribution >= 4 is 0 Å². The van der Waals surface area contributed by atoms with Crippen molar-refractivity contribution in [3.8, 4) is 0 Å². The molecule has 0 radical (unpaired) electrons. The summed E-state index contributed by atoms with van der Waals surface area (Å²) in [5.41, 5.74) is 0.953. The molecule has 0 aliphatic heterocycles. The van der Waals surface area contributed by atoms with Crippen LogP contribution < -0.4 is 0 Å². The van der Waals surface area contributed by atoms with Crippen LogP contribution >= 0.6 is 0 Å². The monoisotopic (exact) mass is 240 g/mol. The van der Waals surface area contributed by atoms with Crippen molar-refractivity contribution < 1.29 is 9.84 Å². The lowest BCUT2D eigenvalue weighted by Gasteiger charge is -2.10. The zero-order valence-electron chi connectivity index (χ0n) is 11.1. The van der Waals surface area contributed by atoms with Crippen LogP contribution in [-0.4, -0.2) is 34.2 Å². The first-order chi connectivity index (χ1) is 8.17. The molecule has 0 aromatic carbocycles. The number of aliphatic hydroxyl groups is 1. The summed E-state index contributed by atoms with van der Waals surface area (Å²) < 4.78 is 7.18. The third-order valence-corrected chi connectivity index (χ3v) is 2.95. The van der Waals surface area contributed by atoms with Crippen LogP contribution in [0.15, 0.2) is 12.3 Å². The topological polar surface area (TPSA) is 47.3 Å². The number of hydrogen-bond donors (Lipinski definition) is 1. The Hall–Kier alpha value is -0.870. The van der Waals surface area contributed by atoms with Crippen molar-refractivity contribution in [2.75, 3.05) is 13.2 Å². The molecule has 0 aliphatic carbocycles. The van der Waals surface area contributed by atoms with E-state index in [4.69, 9.17) is 4.74 Å². The number of nitrogens with zero attached hydrogens (tertiary/aromatic N) is 2. The van der Waals surface area contributed by atoms with Gasteiger partial charge in [-0.1, -0.05) is 6.92 Å². The van der Waals surface area contributed by atoms with E-state index < -0.39 is 0 Å². The summed E-state index contributed by atoms with van der Waals surface area (Å²) >= 11 is 0. The SMILES string of the molecule is CCOCCC(O)Cc1ccn(C(C)CC)n1. The van der Waals surface area contributed by atoms with Crippen LogP contribution in [0.1, 0.15) is 45.3 Å². The number of rotatable bonds is 8. The first kappa shape index (κ1) is 14.2. The molecule has 1 N–H and O–H groups in total. The number of aromatic nitrogens is 2. The van der Waals surface area contributed by atoms with E-state index in [0.717, 1.165) is 12.1 Å². The second-order valence-electron chi connectivity index (χ2n) is 4.39. The Balaban J connectivity index is 2.37. The molecule has 4 heteroatoms. The first-order valence-corrected chi connectivity index (χ1v) is 6.47. The van der Waals surface area contributed by atoms with Crippen LogP contribution in [0.5, 0.6) is 0 Å². The van der Waals surface area contributed by atoms with E-state index in [1.54, 1.807) is 0 Å². The average molecular weight is 240 g/mol. The summed E-state index contributed by atoms with van der Waals surface area (Å²) in [6, 6.07) is 2.40. The molecule has 2 atom stereocenters. The van der Waals surface area contributed by atoms with Gasteiger partial charge in [0, 0.05) is 31.9 Å². The van der Waals surface area contributed by atoms with Gasteiger partial charge < -0.3 is 9.84 Å². The van der Waals surface area contributed by atoms with E-state index in [1.165, 1.54) is 0 Å². The van der Waals surface area contributed by atoms with Crippen LogP contribution in [0, 0.1) is 0 Å². The summed E-state index contributed by atoms with van der Waals surface area (Å²) in [5, 5.41) is 14.3.